The minimum absolute atomic E-state index is 0.749. The minimum Gasteiger partial charge on any atom is -0.0654 e. The molecule has 15 heavy (non-hydrogen) atoms. The summed E-state index contributed by atoms with van der Waals surface area (Å²) in [7, 11) is 1.44. The van der Waals surface area contributed by atoms with Gasteiger partial charge in [-0.15, -0.1) is 0 Å². The van der Waals surface area contributed by atoms with Crippen LogP contribution in [0, 0.1) is 5.92 Å². The molecule has 0 nitrogen and oxygen atoms in total. The van der Waals surface area contributed by atoms with Gasteiger partial charge in [0.05, 0.1) is 0 Å². The average molecular weight is 217 g/mol. The lowest BCUT2D eigenvalue weighted by Crippen LogP contribution is -1.96. The number of allylic oxidation sites excluding steroid dienone is 1. The fraction of sp³-hybridized carbons (Fsp3) is 0.429. The molecule has 0 bridgehead atoms. The van der Waals surface area contributed by atoms with Crippen molar-refractivity contribution in [1.29, 1.82) is 0 Å². The van der Waals surface area contributed by atoms with Gasteiger partial charge < -0.3 is 0 Å². The zero-order valence-corrected chi connectivity index (χ0v) is 10.4. The highest BCUT2D eigenvalue weighted by Gasteiger charge is 2.17. The highest BCUT2D eigenvalue weighted by Crippen LogP contribution is 2.39. The monoisotopic (exact) mass is 217 g/mol. The smallest absolute Gasteiger partial charge is 0.00768 e. The van der Waals surface area contributed by atoms with Gasteiger partial charge in [-0.3, -0.25) is 0 Å². The van der Waals surface area contributed by atoms with Gasteiger partial charge in [0.15, 0.2) is 0 Å². The van der Waals surface area contributed by atoms with Crippen molar-refractivity contribution >= 4 is 20.0 Å². The van der Waals surface area contributed by atoms with Crippen molar-refractivity contribution in [3.63, 3.8) is 0 Å². The predicted molar refractivity (Wildman–Crippen MR) is 69.7 cm³/mol. The molecule has 0 amide bonds. The maximum Gasteiger partial charge on any atom is -0.00768 e. The molecule has 79 valence electrons. The Morgan fingerprint density at radius 1 is 1.27 bits per heavy atom. The normalized spacial score (nSPS) is 17.6. The Bertz CT molecular complexity index is 365. The number of hydrogen-bond acceptors (Lipinski definition) is 0. The van der Waals surface area contributed by atoms with E-state index in [0.29, 0.717) is 0 Å². The number of benzene rings is 1. The summed E-state index contributed by atoms with van der Waals surface area (Å²) < 4.78 is 0. The molecule has 1 unspecified atom stereocenters. The number of fused-ring (bicyclic) bond motifs is 1. The van der Waals surface area contributed by atoms with Crippen LogP contribution in [0.1, 0.15) is 38.7 Å². The second-order valence-electron chi connectivity index (χ2n) is 4.28. The van der Waals surface area contributed by atoms with Crippen molar-refractivity contribution in [3.05, 3.63) is 35.1 Å². The molecule has 1 aromatic rings. The van der Waals surface area contributed by atoms with E-state index in [4.69, 9.17) is 0 Å². The van der Waals surface area contributed by atoms with Crippen molar-refractivity contribution in [3.8, 4) is 0 Å². The van der Waals surface area contributed by atoms with Crippen LogP contribution in [0.15, 0.2) is 29.6 Å². The molecule has 0 N–H and O–H groups in total. The van der Waals surface area contributed by atoms with Gasteiger partial charge in [-0.25, -0.2) is 0 Å². The molecule has 2 rings (SSSR count). The van der Waals surface area contributed by atoms with Crippen LogP contribution in [0.25, 0.3) is 6.08 Å². The van der Waals surface area contributed by atoms with E-state index in [9.17, 15) is 0 Å². The van der Waals surface area contributed by atoms with E-state index >= 15 is 0 Å². The molecule has 1 aliphatic rings. The maximum absolute atomic E-state index is 2.39. The van der Waals surface area contributed by atoms with Gasteiger partial charge in [0.1, 0.15) is 0 Å². The van der Waals surface area contributed by atoms with Crippen molar-refractivity contribution in [2.75, 3.05) is 0 Å². The first-order valence-corrected chi connectivity index (χ1v) is 6.73. The minimum atomic E-state index is 0.749. The molecule has 1 aliphatic heterocycles. The van der Waals surface area contributed by atoms with E-state index < -0.39 is 0 Å². The summed E-state index contributed by atoms with van der Waals surface area (Å²) in [6.45, 7) is 4.63. The van der Waals surface area contributed by atoms with E-state index in [1.165, 1.54) is 38.7 Å². The summed E-state index contributed by atoms with van der Waals surface area (Å²) in [6, 6.07) is 8.73. The Morgan fingerprint density at radius 3 is 2.80 bits per heavy atom. The summed E-state index contributed by atoms with van der Waals surface area (Å²) >= 11 is 0. The summed E-state index contributed by atoms with van der Waals surface area (Å²) in [5.41, 5.74) is 1.43. The van der Waals surface area contributed by atoms with Crippen LogP contribution >= 0.6 is 8.58 Å². The van der Waals surface area contributed by atoms with E-state index in [1.54, 1.807) is 5.31 Å². The third-order valence-corrected chi connectivity index (χ3v) is 4.46. The molecule has 0 aromatic heterocycles. The van der Waals surface area contributed by atoms with Crippen molar-refractivity contribution in [2.45, 2.75) is 33.1 Å². The van der Waals surface area contributed by atoms with E-state index in [-0.39, 0.29) is 0 Å². The number of hydrogen-bond donors (Lipinski definition) is 0. The number of unbranched alkanes of at least 4 members (excludes halogenated alkanes) is 1. The molecule has 1 atom stereocenters. The maximum atomic E-state index is 2.39. The fourth-order valence-electron chi connectivity index (χ4n) is 1.95. The SMILES string of the molecule is CCCCC(C)C1=Cc2ccccc2[P]1. The molecule has 1 radical (unpaired) electrons. The predicted octanol–water partition coefficient (Wildman–Crippen LogP) is 4.44. The lowest BCUT2D eigenvalue weighted by atomic mass is 10.0. The van der Waals surface area contributed by atoms with Crippen LogP contribution in [-0.2, 0) is 0 Å². The standard InChI is InChI=1S/C14H18P/c1-3-4-7-11(2)14-10-12-8-5-6-9-13(12)15-14/h5-6,8-11H,3-4,7H2,1-2H3. The third kappa shape index (κ3) is 2.49. The number of rotatable bonds is 4. The lowest BCUT2D eigenvalue weighted by molar-refractivity contribution is 0.593. The van der Waals surface area contributed by atoms with Crippen molar-refractivity contribution in [2.24, 2.45) is 5.92 Å². The van der Waals surface area contributed by atoms with Crippen LogP contribution in [0.2, 0.25) is 0 Å². The van der Waals surface area contributed by atoms with E-state index in [1.807, 2.05) is 0 Å². The van der Waals surface area contributed by atoms with Crippen LogP contribution in [0.5, 0.6) is 0 Å². The topological polar surface area (TPSA) is 0 Å². The van der Waals surface area contributed by atoms with Gasteiger partial charge in [-0.2, -0.15) is 0 Å². The molecule has 0 saturated carbocycles. The molecule has 1 aromatic carbocycles. The van der Waals surface area contributed by atoms with Crippen molar-refractivity contribution < 1.29 is 0 Å². The van der Waals surface area contributed by atoms with Gasteiger partial charge in [0.25, 0.3) is 0 Å². The Kier molecular flexibility index (Phi) is 3.59. The molecular formula is C14H18P. The highest BCUT2D eigenvalue weighted by molar-refractivity contribution is 7.53. The summed E-state index contributed by atoms with van der Waals surface area (Å²) in [5, 5.41) is 3.08. The summed E-state index contributed by atoms with van der Waals surface area (Å²) in [5.74, 6) is 0.749. The molecule has 0 spiro atoms. The largest absolute Gasteiger partial charge is 0.0654 e. The van der Waals surface area contributed by atoms with Gasteiger partial charge in [0, 0.05) is 0 Å². The molecule has 1 heterocycles. The second-order valence-corrected chi connectivity index (χ2v) is 5.50. The Balaban J connectivity index is 2.04. The molecular weight excluding hydrogens is 199 g/mol. The quantitative estimate of drug-likeness (QED) is 0.654. The highest BCUT2D eigenvalue weighted by atomic mass is 31.1. The molecule has 0 aliphatic carbocycles. The Morgan fingerprint density at radius 2 is 2.07 bits per heavy atom. The van der Waals surface area contributed by atoms with Crippen LogP contribution in [0.4, 0.5) is 0 Å². The van der Waals surface area contributed by atoms with Gasteiger partial charge in [-0.1, -0.05) is 51.0 Å². The van der Waals surface area contributed by atoms with Gasteiger partial charge in [0.2, 0.25) is 0 Å². The van der Waals surface area contributed by atoms with Gasteiger partial charge in [-0.05, 0) is 43.2 Å². The zero-order valence-electron chi connectivity index (χ0n) is 9.53. The van der Waals surface area contributed by atoms with Crippen LogP contribution in [0.3, 0.4) is 0 Å². The fourth-order valence-corrected chi connectivity index (χ4v) is 3.21. The molecule has 0 fully saturated rings. The Hall–Kier alpha value is -0.610. The summed E-state index contributed by atoms with van der Waals surface area (Å²) in [6.07, 6.45) is 6.38. The van der Waals surface area contributed by atoms with E-state index in [0.717, 1.165) is 5.92 Å². The lowest BCUT2D eigenvalue weighted by Gasteiger charge is -2.10. The second kappa shape index (κ2) is 4.94. The average Bonchev–Trinajstić information content (AvgIpc) is 2.69. The molecule has 0 saturated heterocycles. The zero-order chi connectivity index (χ0) is 10.7. The first-order chi connectivity index (χ1) is 7.31. The van der Waals surface area contributed by atoms with E-state index in [2.05, 4.69) is 44.2 Å². The first-order valence-electron chi connectivity index (χ1n) is 5.83. The van der Waals surface area contributed by atoms with Gasteiger partial charge >= 0.3 is 0 Å². The van der Waals surface area contributed by atoms with Crippen LogP contribution in [-0.4, -0.2) is 0 Å². The van der Waals surface area contributed by atoms with Crippen molar-refractivity contribution in [1.82, 2.24) is 0 Å². The first kappa shape index (κ1) is 10.9. The molecule has 1 heteroatoms. The Labute approximate surface area is 94.6 Å². The van der Waals surface area contributed by atoms with Crippen LogP contribution < -0.4 is 5.30 Å². The summed E-state index contributed by atoms with van der Waals surface area (Å²) in [4.78, 5) is 0. The third-order valence-electron chi connectivity index (χ3n) is 2.99.